The van der Waals surface area contributed by atoms with Gasteiger partial charge in [-0.15, -0.1) is 0 Å². The fourth-order valence-corrected chi connectivity index (χ4v) is 3.60. The fourth-order valence-electron chi connectivity index (χ4n) is 3.60. The SMILES string of the molecule is CCNC(=O)C1CCN(c2nc(-c3cccnc3)nc3ccccc23)CC1. The Morgan fingerprint density at radius 3 is 2.70 bits per heavy atom. The molecule has 1 aromatic carbocycles. The first-order valence-corrected chi connectivity index (χ1v) is 9.46. The van der Waals surface area contributed by atoms with Crippen LogP contribution in [-0.4, -0.2) is 40.5 Å². The van der Waals surface area contributed by atoms with Crippen molar-refractivity contribution in [2.24, 2.45) is 5.92 Å². The third-order valence-corrected chi connectivity index (χ3v) is 5.02. The van der Waals surface area contributed by atoms with E-state index in [-0.39, 0.29) is 11.8 Å². The van der Waals surface area contributed by atoms with Gasteiger partial charge < -0.3 is 10.2 Å². The number of nitrogens with zero attached hydrogens (tertiary/aromatic N) is 4. The summed E-state index contributed by atoms with van der Waals surface area (Å²) in [6.45, 7) is 4.27. The van der Waals surface area contributed by atoms with Gasteiger partial charge in [-0.25, -0.2) is 9.97 Å². The quantitative estimate of drug-likeness (QED) is 0.773. The van der Waals surface area contributed by atoms with E-state index in [0.29, 0.717) is 12.4 Å². The molecule has 0 spiro atoms. The third kappa shape index (κ3) is 3.60. The number of amides is 1. The summed E-state index contributed by atoms with van der Waals surface area (Å²) in [5, 5.41) is 3.98. The van der Waals surface area contributed by atoms with Crippen molar-refractivity contribution in [3.05, 3.63) is 48.8 Å². The molecular formula is C21H23N5O. The maximum Gasteiger partial charge on any atom is 0.223 e. The molecular weight excluding hydrogens is 338 g/mol. The molecule has 1 amide bonds. The number of aromatic nitrogens is 3. The minimum Gasteiger partial charge on any atom is -0.356 e. The molecule has 0 aliphatic carbocycles. The number of hydrogen-bond acceptors (Lipinski definition) is 5. The highest BCUT2D eigenvalue weighted by Gasteiger charge is 2.26. The van der Waals surface area contributed by atoms with E-state index in [1.54, 1.807) is 12.4 Å². The zero-order valence-corrected chi connectivity index (χ0v) is 15.4. The number of fused-ring (bicyclic) bond motifs is 1. The molecule has 6 heteroatoms. The molecule has 1 fully saturated rings. The van der Waals surface area contributed by atoms with Crippen LogP contribution in [0.1, 0.15) is 19.8 Å². The van der Waals surface area contributed by atoms with Crippen LogP contribution in [0.3, 0.4) is 0 Å². The first kappa shape index (κ1) is 17.4. The van der Waals surface area contributed by atoms with Gasteiger partial charge in [0.15, 0.2) is 5.82 Å². The van der Waals surface area contributed by atoms with Crippen molar-refractivity contribution in [1.82, 2.24) is 20.3 Å². The summed E-state index contributed by atoms with van der Waals surface area (Å²) < 4.78 is 0. The molecule has 3 aromatic rings. The van der Waals surface area contributed by atoms with E-state index in [1.165, 1.54) is 0 Å². The molecule has 3 heterocycles. The van der Waals surface area contributed by atoms with Crippen molar-refractivity contribution in [2.75, 3.05) is 24.5 Å². The lowest BCUT2D eigenvalue weighted by molar-refractivity contribution is -0.125. The molecule has 0 saturated carbocycles. The Balaban J connectivity index is 1.66. The number of para-hydroxylation sites is 1. The Hall–Kier alpha value is -3.02. The van der Waals surface area contributed by atoms with Gasteiger partial charge in [0.05, 0.1) is 5.52 Å². The number of benzene rings is 1. The molecule has 2 aromatic heterocycles. The molecule has 138 valence electrons. The first-order valence-electron chi connectivity index (χ1n) is 9.46. The largest absolute Gasteiger partial charge is 0.356 e. The highest BCUT2D eigenvalue weighted by atomic mass is 16.1. The summed E-state index contributed by atoms with van der Waals surface area (Å²) in [6.07, 6.45) is 5.21. The summed E-state index contributed by atoms with van der Waals surface area (Å²) >= 11 is 0. The van der Waals surface area contributed by atoms with Crippen LogP contribution >= 0.6 is 0 Å². The molecule has 1 aliphatic heterocycles. The number of rotatable bonds is 4. The standard InChI is InChI=1S/C21H23N5O/c1-2-23-21(27)15-9-12-26(13-10-15)20-17-7-3-4-8-18(17)24-19(25-20)16-6-5-11-22-14-16/h3-8,11,14-15H,2,9-10,12-13H2,1H3,(H,23,27). The number of nitrogens with one attached hydrogen (secondary N) is 1. The van der Waals surface area contributed by atoms with E-state index in [9.17, 15) is 4.79 Å². The first-order chi connectivity index (χ1) is 13.3. The second-order valence-corrected chi connectivity index (χ2v) is 6.79. The summed E-state index contributed by atoms with van der Waals surface area (Å²) in [4.78, 5) is 28.2. The van der Waals surface area contributed by atoms with Gasteiger partial charge in [0.2, 0.25) is 5.91 Å². The Morgan fingerprint density at radius 1 is 1.15 bits per heavy atom. The van der Waals surface area contributed by atoms with E-state index in [4.69, 9.17) is 9.97 Å². The van der Waals surface area contributed by atoms with Crippen molar-refractivity contribution in [2.45, 2.75) is 19.8 Å². The van der Waals surface area contributed by atoms with Crippen molar-refractivity contribution in [1.29, 1.82) is 0 Å². The summed E-state index contributed by atoms with van der Waals surface area (Å²) in [5.41, 5.74) is 1.83. The second kappa shape index (κ2) is 7.70. The third-order valence-electron chi connectivity index (χ3n) is 5.02. The molecule has 0 atom stereocenters. The molecule has 4 rings (SSSR count). The van der Waals surface area contributed by atoms with Gasteiger partial charge in [-0.3, -0.25) is 9.78 Å². The number of carbonyl (C=O) groups excluding carboxylic acids is 1. The number of piperidine rings is 1. The van der Waals surface area contributed by atoms with Crippen LogP contribution in [0.5, 0.6) is 0 Å². The van der Waals surface area contributed by atoms with Gasteiger partial charge in [-0.05, 0) is 44.0 Å². The topological polar surface area (TPSA) is 71.0 Å². The van der Waals surface area contributed by atoms with E-state index >= 15 is 0 Å². The molecule has 0 radical (unpaired) electrons. The number of pyridine rings is 1. The van der Waals surface area contributed by atoms with E-state index < -0.39 is 0 Å². The zero-order valence-electron chi connectivity index (χ0n) is 15.4. The lowest BCUT2D eigenvalue weighted by Gasteiger charge is -2.32. The number of carbonyl (C=O) groups is 1. The maximum absolute atomic E-state index is 12.1. The normalized spacial score (nSPS) is 15.1. The summed E-state index contributed by atoms with van der Waals surface area (Å²) in [7, 11) is 0. The predicted molar refractivity (Wildman–Crippen MR) is 106 cm³/mol. The van der Waals surface area contributed by atoms with Crippen LogP contribution < -0.4 is 10.2 Å². The van der Waals surface area contributed by atoms with Gasteiger partial charge >= 0.3 is 0 Å². The Labute approximate surface area is 158 Å². The minimum atomic E-state index is 0.0899. The predicted octanol–water partition coefficient (Wildman–Crippen LogP) is 3.04. The molecule has 6 nitrogen and oxygen atoms in total. The van der Waals surface area contributed by atoms with Gasteiger partial charge in [0.1, 0.15) is 5.82 Å². The van der Waals surface area contributed by atoms with Crippen molar-refractivity contribution in [3.63, 3.8) is 0 Å². The average molecular weight is 361 g/mol. The average Bonchev–Trinajstić information content (AvgIpc) is 2.74. The van der Waals surface area contributed by atoms with E-state index in [1.807, 2.05) is 37.3 Å². The molecule has 27 heavy (non-hydrogen) atoms. The summed E-state index contributed by atoms with van der Waals surface area (Å²) in [6, 6.07) is 12.0. The second-order valence-electron chi connectivity index (χ2n) is 6.79. The van der Waals surface area contributed by atoms with Gasteiger partial charge in [0, 0.05) is 48.9 Å². The lowest BCUT2D eigenvalue weighted by atomic mass is 9.95. The minimum absolute atomic E-state index is 0.0899. The highest BCUT2D eigenvalue weighted by Crippen LogP contribution is 2.30. The van der Waals surface area contributed by atoms with E-state index in [2.05, 4.69) is 21.3 Å². The smallest absolute Gasteiger partial charge is 0.223 e. The van der Waals surface area contributed by atoms with Gasteiger partial charge in [-0.1, -0.05) is 12.1 Å². The lowest BCUT2D eigenvalue weighted by Crippen LogP contribution is -2.41. The Kier molecular flexibility index (Phi) is 4.96. The van der Waals surface area contributed by atoms with Crippen LogP contribution in [0.25, 0.3) is 22.3 Å². The molecule has 1 aliphatic rings. The molecule has 0 bridgehead atoms. The van der Waals surface area contributed by atoms with Crippen molar-refractivity contribution >= 4 is 22.6 Å². The Bertz CT molecular complexity index is 936. The number of hydrogen-bond donors (Lipinski definition) is 1. The monoisotopic (exact) mass is 361 g/mol. The van der Waals surface area contributed by atoms with Crippen LogP contribution in [0, 0.1) is 5.92 Å². The van der Waals surface area contributed by atoms with Gasteiger partial charge in [-0.2, -0.15) is 0 Å². The van der Waals surface area contributed by atoms with Crippen LogP contribution in [0.4, 0.5) is 5.82 Å². The van der Waals surface area contributed by atoms with Crippen LogP contribution in [0.15, 0.2) is 48.8 Å². The van der Waals surface area contributed by atoms with Crippen molar-refractivity contribution in [3.8, 4) is 11.4 Å². The van der Waals surface area contributed by atoms with Crippen LogP contribution in [-0.2, 0) is 4.79 Å². The summed E-state index contributed by atoms with van der Waals surface area (Å²) in [5.74, 6) is 1.88. The van der Waals surface area contributed by atoms with Crippen molar-refractivity contribution < 1.29 is 4.79 Å². The molecule has 1 saturated heterocycles. The molecule has 0 unspecified atom stereocenters. The number of anilines is 1. The maximum atomic E-state index is 12.1. The fraction of sp³-hybridized carbons (Fsp3) is 0.333. The zero-order chi connectivity index (χ0) is 18.6. The Morgan fingerprint density at radius 2 is 1.96 bits per heavy atom. The van der Waals surface area contributed by atoms with E-state index in [0.717, 1.165) is 48.2 Å². The van der Waals surface area contributed by atoms with Gasteiger partial charge in [0.25, 0.3) is 0 Å². The molecule has 1 N–H and O–H groups in total. The highest BCUT2D eigenvalue weighted by molar-refractivity contribution is 5.91. The van der Waals surface area contributed by atoms with Crippen LogP contribution in [0.2, 0.25) is 0 Å².